The van der Waals surface area contributed by atoms with Gasteiger partial charge in [-0.2, -0.15) is 0 Å². The van der Waals surface area contributed by atoms with Crippen LogP contribution in [0.1, 0.15) is 37.0 Å². The molecule has 23 heavy (non-hydrogen) atoms. The highest BCUT2D eigenvalue weighted by atomic mass is 35.5. The normalized spacial score (nSPS) is 12.1. The molecule has 1 amide bonds. The van der Waals surface area contributed by atoms with Gasteiger partial charge >= 0.3 is 7.12 Å². The number of nitrogens with one attached hydrogen (secondary N) is 1. The van der Waals surface area contributed by atoms with Crippen LogP contribution in [0.5, 0.6) is 0 Å². The average molecular weight is 360 g/mol. The molecule has 0 aromatic heterocycles. The number of benzene rings is 1. The van der Waals surface area contributed by atoms with Crippen LogP contribution in [0.4, 0.5) is 0 Å². The molecule has 5 nitrogen and oxygen atoms in total. The predicted molar refractivity (Wildman–Crippen MR) is 91.8 cm³/mol. The number of ketones is 1. The number of rotatable bonds is 8. The molecule has 0 aliphatic carbocycles. The Morgan fingerprint density at radius 2 is 1.91 bits per heavy atom. The maximum absolute atomic E-state index is 12.0. The Labute approximate surface area is 146 Å². The van der Waals surface area contributed by atoms with Crippen molar-refractivity contribution in [3.05, 3.63) is 33.8 Å². The minimum atomic E-state index is -1.56. The molecule has 0 aliphatic rings. The Bertz CT molecular complexity index is 566. The van der Waals surface area contributed by atoms with Crippen molar-refractivity contribution in [2.75, 3.05) is 6.54 Å². The van der Waals surface area contributed by atoms with Gasteiger partial charge in [-0.05, 0) is 30.5 Å². The minimum absolute atomic E-state index is 0.0145. The number of halogens is 2. The van der Waals surface area contributed by atoms with Gasteiger partial charge < -0.3 is 15.4 Å². The highest BCUT2D eigenvalue weighted by Crippen LogP contribution is 2.23. The van der Waals surface area contributed by atoms with E-state index in [1.165, 1.54) is 12.1 Å². The number of hydrogen-bond donors (Lipinski definition) is 3. The Kier molecular flexibility index (Phi) is 8.05. The van der Waals surface area contributed by atoms with Crippen molar-refractivity contribution in [1.82, 2.24) is 5.32 Å². The van der Waals surface area contributed by atoms with E-state index < -0.39 is 18.8 Å². The molecular formula is C15H20BCl2NO4. The molecule has 0 aliphatic heterocycles. The van der Waals surface area contributed by atoms with Crippen LogP contribution >= 0.6 is 23.2 Å². The lowest BCUT2D eigenvalue weighted by Crippen LogP contribution is -2.32. The second kappa shape index (κ2) is 9.28. The molecule has 1 atom stereocenters. The van der Waals surface area contributed by atoms with Crippen LogP contribution in [0.3, 0.4) is 0 Å². The summed E-state index contributed by atoms with van der Waals surface area (Å²) in [5.41, 5.74) is 0.188. The maximum Gasteiger partial charge on any atom is 0.455 e. The number of amides is 1. The van der Waals surface area contributed by atoms with Gasteiger partial charge in [0.2, 0.25) is 0 Å². The first-order valence-electron chi connectivity index (χ1n) is 7.31. The van der Waals surface area contributed by atoms with E-state index in [1.807, 2.05) is 13.8 Å². The molecule has 1 aromatic rings. The fraction of sp³-hybridized carbons (Fsp3) is 0.467. The molecule has 0 bridgehead atoms. The number of carbonyl (C=O) groups is 2. The summed E-state index contributed by atoms with van der Waals surface area (Å²) in [7, 11) is -1.56. The summed E-state index contributed by atoms with van der Waals surface area (Å²) >= 11 is 11.7. The van der Waals surface area contributed by atoms with Crippen molar-refractivity contribution < 1.29 is 19.6 Å². The van der Waals surface area contributed by atoms with E-state index in [1.54, 1.807) is 6.07 Å². The second-order valence-electron chi connectivity index (χ2n) is 5.85. The first kappa shape index (κ1) is 20.0. The van der Waals surface area contributed by atoms with Crippen LogP contribution in [0.2, 0.25) is 15.9 Å². The lowest BCUT2D eigenvalue weighted by molar-refractivity contribution is -0.118. The number of carbonyl (C=O) groups excluding carboxylic acids is 2. The van der Waals surface area contributed by atoms with E-state index >= 15 is 0 Å². The van der Waals surface area contributed by atoms with Crippen LogP contribution < -0.4 is 5.32 Å². The third-order valence-corrected chi connectivity index (χ3v) is 3.87. The Morgan fingerprint density at radius 3 is 2.48 bits per heavy atom. The first-order valence-corrected chi connectivity index (χ1v) is 8.07. The van der Waals surface area contributed by atoms with E-state index in [9.17, 15) is 19.6 Å². The first-order chi connectivity index (χ1) is 10.7. The molecule has 0 heterocycles. The summed E-state index contributed by atoms with van der Waals surface area (Å²) < 4.78 is 0. The summed E-state index contributed by atoms with van der Waals surface area (Å²) in [6, 6.07) is 4.48. The fourth-order valence-corrected chi connectivity index (χ4v) is 2.60. The van der Waals surface area contributed by atoms with E-state index in [-0.39, 0.29) is 35.3 Å². The van der Waals surface area contributed by atoms with Gasteiger partial charge in [-0.1, -0.05) is 37.0 Å². The van der Waals surface area contributed by atoms with Crippen molar-refractivity contribution in [2.45, 2.75) is 32.5 Å². The quantitative estimate of drug-likeness (QED) is 0.622. The van der Waals surface area contributed by atoms with E-state index in [4.69, 9.17) is 23.2 Å². The van der Waals surface area contributed by atoms with Gasteiger partial charge in [0.05, 0.1) is 17.1 Å². The average Bonchev–Trinajstić information content (AvgIpc) is 2.46. The monoisotopic (exact) mass is 359 g/mol. The maximum atomic E-state index is 12.0. The van der Waals surface area contributed by atoms with Crippen LogP contribution in [0, 0.1) is 5.92 Å². The van der Waals surface area contributed by atoms with Crippen molar-refractivity contribution >= 4 is 42.0 Å². The van der Waals surface area contributed by atoms with Crippen molar-refractivity contribution in [3.63, 3.8) is 0 Å². The highest BCUT2D eigenvalue weighted by Gasteiger charge is 2.26. The Morgan fingerprint density at radius 1 is 1.26 bits per heavy atom. The van der Waals surface area contributed by atoms with Gasteiger partial charge in [-0.3, -0.25) is 9.59 Å². The Balaban J connectivity index is 2.58. The summed E-state index contributed by atoms with van der Waals surface area (Å²) in [4.78, 5) is 23.9. The molecule has 0 saturated carbocycles. The van der Waals surface area contributed by atoms with Crippen LogP contribution in [-0.4, -0.2) is 35.4 Å². The molecule has 1 unspecified atom stereocenters. The molecule has 3 N–H and O–H groups in total. The predicted octanol–water partition coefficient (Wildman–Crippen LogP) is 2.57. The summed E-state index contributed by atoms with van der Waals surface area (Å²) in [6.07, 6.45) is 0.497. The van der Waals surface area contributed by atoms with Gasteiger partial charge in [0, 0.05) is 17.3 Å². The SMILES string of the molecule is CC(C)CC(CC(=O)CNC(=O)c1cc(Cl)ccc1Cl)B(O)O. The van der Waals surface area contributed by atoms with Gasteiger partial charge in [-0.25, -0.2) is 0 Å². The third-order valence-electron chi connectivity index (χ3n) is 3.30. The molecule has 126 valence electrons. The van der Waals surface area contributed by atoms with Gasteiger partial charge in [0.15, 0.2) is 5.78 Å². The third kappa shape index (κ3) is 6.91. The van der Waals surface area contributed by atoms with Crippen LogP contribution in [0.15, 0.2) is 18.2 Å². The molecule has 8 heteroatoms. The summed E-state index contributed by atoms with van der Waals surface area (Å²) in [5.74, 6) is -1.10. The summed E-state index contributed by atoms with van der Waals surface area (Å²) in [6.45, 7) is 3.66. The lowest BCUT2D eigenvalue weighted by Gasteiger charge is -2.17. The van der Waals surface area contributed by atoms with Crippen LogP contribution in [0.25, 0.3) is 0 Å². The number of Topliss-reactive ketones (excluding diaryl/α,β-unsaturated/α-hetero) is 1. The van der Waals surface area contributed by atoms with E-state index in [0.29, 0.717) is 11.4 Å². The molecule has 0 spiro atoms. The molecule has 0 radical (unpaired) electrons. The molecule has 1 rings (SSSR count). The largest absolute Gasteiger partial charge is 0.455 e. The number of hydrogen-bond acceptors (Lipinski definition) is 4. The van der Waals surface area contributed by atoms with E-state index in [0.717, 1.165) is 0 Å². The topological polar surface area (TPSA) is 86.6 Å². The minimum Gasteiger partial charge on any atom is -0.427 e. The fourth-order valence-electron chi connectivity index (χ4n) is 2.23. The molecule has 0 fully saturated rings. The van der Waals surface area contributed by atoms with E-state index in [2.05, 4.69) is 5.32 Å². The lowest BCUT2D eigenvalue weighted by atomic mass is 9.66. The van der Waals surface area contributed by atoms with Crippen molar-refractivity contribution in [1.29, 1.82) is 0 Å². The Hall–Kier alpha value is -1.08. The van der Waals surface area contributed by atoms with Crippen molar-refractivity contribution in [3.8, 4) is 0 Å². The second-order valence-corrected chi connectivity index (χ2v) is 6.70. The standard InChI is InChI=1S/C15H20BCl2NO4/c1-9(2)5-10(16(22)23)6-12(20)8-19-15(21)13-7-11(17)3-4-14(13)18/h3-4,7,9-10,22-23H,5-6,8H2,1-2H3,(H,19,21). The highest BCUT2D eigenvalue weighted by molar-refractivity contribution is 6.43. The van der Waals surface area contributed by atoms with Crippen molar-refractivity contribution in [2.24, 2.45) is 5.92 Å². The molecular weight excluding hydrogens is 340 g/mol. The van der Waals surface area contributed by atoms with Crippen LogP contribution in [-0.2, 0) is 4.79 Å². The zero-order valence-electron chi connectivity index (χ0n) is 13.1. The van der Waals surface area contributed by atoms with Gasteiger partial charge in [0.1, 0.15) is 0 Å². The van der Waals surface area contributed by atoms with Gasteiger partial charge in [-0.15, -0.1) is 0 Å². The smallest absolute Gasteiger partial charge is 0.427 e. The zero-order valence-corrected chi connectivity index (χ0v) is 14.6. The molecule has 1 aromatic carbocycles. The summed E-state index contributed by atoms with van der Waals surface area (Å²) in [5, 5.41) is 21.7. The molecule has 0 saturated heterocycles. The van der Waals surface area contributed by atoms with Gasteiger partial charge in [0.25, 0.3) is 5.91 Å². The zero-order chi connectivity index (χ0) is 17.6.